The van der Waals surface area contributed by atoms with Gasteiger partial charge in [-0.15, -0.1) is 10.2 Å². The Morgan fingerprint density at radius 2 is 2.00 bits per heavy atom. The van der Waals surface area contributed by atoms with E-state index in [1.165, 1.54) is 0 Å². The van der Waals surface area contributed by atoms with Gasteiger partial charge >= 0.3 is 0 Å². The Hall–Kier alpha value is -2.44. The fourth-order valence-corrected chi connectivity index (χ4v) is 2.31. The van der Waals surface area contributed by atoms with E-state index in [9.17, 15) is 4.79 Å². The van der Waals surface area contributed by atoms with Crippen LogP contribution in [0.4, 0.5) is 5.69 Å². The van der Waals surface area contributed by atoms with Gasteiger partial charge in [0.25, 0.3) is 5.91 Å². The van der Waals surface area contributed by atoms with Crippen molar-refractivity contribution in [3.8, 4) is 5.82 Å². The van der Waals surface area contributed by atoms with E-state index in [-0.39, 0.29) is 5.69 Å². The Balaban J connectivity index is 1.81. The van der Waals surface area contributed by atoms with Gasteiger partial charge in [0.1, 0.15) is 5.82 Å². The van der Waals surface area contributed by atoms with Gasteiger partial charge in [-0.3, -0.25) is 9.36 Å². The number of carbonyl (C=O) groups excluding carboxylic acids is 1. The fourth-order valence-electron chi connectivity index (χ4n) is 1.97. The predicted molar refractivity (Wildman–Crippen MR) is 88.3 cm³/mol. The third-order valence-electron chi connectivity index (χ3n) is 3.13. The van der Waals surface area contributed by atoms with Crippen LogP contribution < -0.4 is 5.32 Å². The molecule has 23 heavy (non-hydrogen) atoms. The summed E-state index contributed by atoms with van der Waals surface area (Å²) in [5.74, 6) is 0.940. The number of halogens is 2. The summed E-state index contributed by atoms with van der Waals surface area (Å²) in [7, 11) is 0. The summed E-state index contributed by atoms with van der Waals surface area (Å²) in [4.78, 5) is 16.3. The normalized spacial score (nSPS) is 10.6. The Labute approximate surface area is 142 Å². The van der Waals surface area contributed by atoms with Crippen molar-refractivity contribution in [2.45, 2.75) is 6.92 Å². The van der Waals surface area contributed by atoms with Crippen LogP contribution >= 0.6 is 23.2 Å². The molecule has 0 saturated carbocycles. The number of aryl methyl sites for hydroxylation is 1. The zero-order chi connectivity index (χ0) is 16.4. The monoisotopic (exact) mass is 347 g/mol. The van der Waals surface area contributed by atoms with Crippen LogP contribution in [0.2, 0.25) is 10.0 Å². The number of benzene rings is 1. The van der Waals surface area contributed by atoms with E-state index in [0.717, 1.165) is 5.82 Å². The van der Waals surface area contributed by atoms with Crippen molar-refractivity contribution in [2.75, 3.05) is 5.32 Å². The van der Waals surface area contributed by atoms with Crippen molar-refractivity contribution in [2.24, 2.45) is 0 Å². The number of hydrogen-bond acceptors (Lipinski definition) is 4. The summed E-state index contributed by atoms with van der Waals surface area (Å²) in [5, 5.41) is 11.5. The molecule has 0 spiro atoms. The number of amides is 1. The van der Waals surface area contributed by atoms with Crippen LogP contribution in [-0.2, 0) is 0 Å². The van der Waals surface area contributed by atoms with E-state index >= 15 is 0 Å². The molecule has 116 valence electrons. The van der Waals surface area contributed by atoms with E-state index in [1.54, 1.807) is 47.3 Å². The highest BCUT2D eigenvalue weighted by molar-refractivity contribution is 6.35. The largest absolute Gasteiger partial charge is 0.319 e. The van der Waals surface area contributed by atoms with Crippen LogP contribution in [-0.4, -0.2) is 25.7 Å². The van der Waals surface area contributed by atoms with Gasteiger partial charge in [0.2, 0.25) is 0 Å². The Morgan fingerprint density at radius 1 is 1.17 bits per heavy atom. The zero-order valence-corrected chi connectivity index (χ0v) is 13.5. The molecule has 1 amide bonds. The molecule has 0 aliphatic heterocycles. The molecule has 3 aromatic rings. The van der Waals surface area contributed by atoms with Crippen LogP contribution in [0.5, 0.6) is 0 Å². The minimum absolute atomic E-state index is 0.169. The molecule has 1 N–H and O–H groups in total. The first kappa shape index (κ1) is 15.5. The van der Waals surface area contributed by atoms with Gasteiger partial charge in [0.15, 0.2) is 11.5 Å². The van der Waals surface area contributed by atoms with E-state index < -0.39 is 5.91 Å². The van der Waals surface area contributed by atoms with Crippen LogP contribution in [0, 0.1) is 6.92 Å². The second-order valence-corrected chi connectivity index (χ2v) is 5.54. The molecule has 6 nitrogen and oxygen atoms in total. The first-order valence-electron chi connectivity index (χ1n) is 6.65. The van der Waals surface area contributed by atoms with E-state index in [1.807, 2.05) is 6.92 Å². The number of carbonyl (C=O) groups is 1. The molecule has 0 unspecified atom stereocenters. The molecule has 0 atom stereocenters. The highest BCUT2D eigenvalue weighted by Crippen LogP contribution is 2.25. The van der Waals surface area contributed by atoms with Crippen LogP contribution in [0.25, 0.3) is 5.82 Å². The fraction of sp³-hybridized carbons (Fsp3) is 0.0667. The second-order valence-electron chi connectivity index (χ2n) is 4.70. The SMILES string of the molecule is Cc1nccn1-c1ccc(C(=O)Nc2cc(Cl)ccc2Cl)nn1. The molecule has 1 aromatic carbocycles. The lowest BCUT2D eigenvalue weighted by molar-refractivity contribution is 0.102. The molecule has 2 aromatic heterocycles. The topological polar surface area (TPSA) is 72.7 Å². The molecule has 0 bridgehead atoms. The number of rotatable bonds is 3. The zero-order valence-electron chi connectivity index (χ0n) is 12.0. The summed E-state index contributed by atoms with van der Waals surface area (Å²) < 4.78 is 1.77. The number of nitrogens with zero attached hydrogens (tertiary/aromatic N) is 4. The maximum Gasteiger partial charge on any atom is 0.276 e. The van der Waals surface area contributed by atoms with E-state index in [4.69, 9.17) is 23.2 Å². The van der Waals surface area contributed by atoms with Crippen LogP contribution in [0.15, 0.2) is 42.7 Å². The quantitative estimate of drug-likeness (QED) is 0.786. The van der Waals surface area contributed by atoms with Gasteiger partial charge in [-0.2, -0.15) is 0 Å². The number of imidazole rings is 1. The van der Waals surface area contributed by atoms with Crippen molar-refractivity contribution >= 4 is 34.8 Å². The Kier molecular flexibility index (Phi) is 4.27. The standard InChI is InChI=1S/C15H11Cl2N5O/c1-9-18-6-7-22(9)14-5-4-12(20-21-14)15(23)19-13-8-10(16)2-3-11(13)17/h2-8H,1H3,(H,19,23). The summed E-state index contributed by atoms with van der Waals surface area (Å²) in [5.41, 5.74) is 0.586. The van der Waals surface area contributed by atoms with Crippen molar-refractivity contribution in [3.63, 3.8) is 0 Å². The molecule has 0 fully saturated rings. The van der Waals surface area contributed by atoms with Gasteiger partial charge in [-0.25, -0.2) is 4.98 Å². The van der Waals surface area contributed by atoms with E-state index in [0.29, 0.717) is 21.6 Å². The van der Waals surface area contributed by atoms with Gasteiger partial charge in [-0.1, -0.05) is 23.2 Å². The number of nitrogens with one attached hydrogen (secondary N) is 1. The summed E-state index contributed by atoms with van der Waals surface area (Å²) >= 11 is 11.9. The van der Waals surface area contributed by atoms with E-state index in [2.05, 4.69) is 20.5 Å². The Bertz CT molecular complexity index is 861. The smallest absolute Gasteiger partial charge is 0.276 e. The maximum absolute atomic E-state index is 12.2. The van der Waals surface area contributed by atoms with Crippen LogP contribution in [0.1, 0.15) is 16.3 Å². The van der Waals surface area contributed by atoms with Crippen molar-refractivity contribution in [3.05, 3.63) is 64.3 Å². The minimum Gasteiger partial charge on any atom is -0.319 e. The maximum atomic E-state index is 12.2. The molecular weight excluding hydrogens is 337 g/mol. The van der Waals surface area contributed by atoms with Gasteiger partial charge in [0.05, 0.1) is 10.7 Å². The molecule has 0 saturated heterocycles. The molecular formula is C15H11Cl2N5O. The third-order valence-corrected chi connectivity index (χ3v) is 3.70. The van der Waals surface area contributed by atoms with Crippen LogP contribution in [0.3, 0.4) is 0 Å². The van der Waals surface area contributed by atoms with Crippen molar-refractivity contribution in [1.29, 1.82) is 0 Å². The molecule has 2 heterocycles. The highest BCUT2D eigenvalue weighted by Gasteiger charge is 2.12. The lowest BCUT2D eigenvalue weighted by Gasteiger charge is -2.08. The van der Waals surface area contributed by atoms with Gasteiger partial charge in [-0.05, 0) is 37.3 Å². The second kappa shape index (κ2) is 6.36. The lowest BCUT2D eigenvalue weighted by atomic mass is 10.3. The molecule has 0 aliphatic rings. The first-order chi connectivity index (χ1) is 11.0. The number of hydrogen-bond donors (Lipinski definition) is 1. The molecule has 0 radical (unpaired) electrons. The van der Waals surface area contributed by atoms with Crippen molar-refractivity contribution in [1.82, 2.24) is 19.7 Å². The van der Waals surface area contributed by atoms with Gasteiger partial charge < -0.3 is 5.32 Å². The molecule has 0 aliphatic carbocycles. The third kappa shape index (κ3) is 3.33. The predicted octanol–water partition coefficient (Wildman–Crippen LogP) is 3.53. The minimum atomic E-state index is -0.421. The first-order valence-corrected chi connectivity index (χ1v) is 7.40. The van der Waals surface area contributed by atoms with Crippen molar-refractivity contribution < 1.29 is 4.79 Å². The average molecular weight is 348 g/mol. The molecule has 3 rings (SSSR count). The summed E-state index contributed by atoms with van der Waals surface area (Å²) in [6, 6.07) is 8.09. The highest BCUT2D eigenvalue weighted by atomic mass is 35.5. The van der Waals surface area contributed by atoms with Gasteiger partial charge in [0, 0.05) is 17.4 Å². The number of anilines is 1. The summed E-state index contributed by atoms with van der Waals surface area (Å²) in [6.45, 7) is 1.85. The average Bonchev–Trinajstić information content (AvgIpc) is 2.97. The molecule has 8 heteroatoms. The Morgan fingerprint density at radius 3 is 2.65 bits per heavy atom. The summed E-state index contributed by atoms with van der Waals surface area (Å²) in [6.07, 6.45) is 3.43. The lowest BCUT2D eigenvalue weighted by Crippen LogP contribution is -2.15. The number of aromatic nitrogens is 4.